The molecular formula is C21H20N6O. The van der Waals surface area contributed by atoms with Crippen molar-refractivity contribution in [1.82, 2.24) is 25.4 Å². The minimum absolute atomic E-state index is 0.0191. The van der Waals surface area contributed by atoms with E-state index in [1.165, 1.54) is 6.20 Å². The summed E-state index contributed by atoms with van der Waals surface area (Å²) in [6.45, 7) is 4.34. The van der Waals surface area contributed by atoms with Gasteiger partial charge in [-0.25, -0.2) is 15.4 Å². The maximum absolute atomic E-state index is 12.3. The molecule has 4 rings (SSSR count). The predicted octanol–water partition coefficient (Wildman–Crippen LogP) is 3.04. The molecule has 3 heterocycles. The number of nitrogens with one attached hydrogen (secondary N) is 1. The zero-order chi connectivity index (χ0) is 19.6. The summed E-state index contributed by atoms with van der Waals surface area (Å²) in [5.74, 6) is 0.373. The molecule has 0 spiro atoms. The van der Waals surface area contributed by atoms with Crippen LogP contribution >= 0.6 is 0 Å². The van der Waals surface area contributed by atoms with E-state index in [2.05, 4.69) is 39.3 Å². The molecule has 0 unspecified atom stereocenters. The molecule has 7 nitrogen and oxygen atoms in total. The number of pyridine rings is 2. The quantitative estimate of drug-likeness (QED) is 0.713. The van der Waals surface area contributed by atoms with Crippen LogP contribution in [0.4, 0.5) is 0 Å². The van der Waals surface area contributed by atoms with Crippen molar-refractivity contribution in [3.8, 4) is 11.4 Å². The van der Waals surface area contributed by atoms with Gasteiger partial charge in [-0.15, -0.1) is 0 Å². The van der Waals surface area contributed by atoms with Gasteiger partial charge >= 0.3 is 0 Å². The van der Waals surface area contributed by atoms with Crippen molar-refractivity contribution < 1.29 is 4.79 Å². The molecule has 0 aromatic carbocycles. The Morgan fingerprint density at radius 2 is 1.89 bits per heavy atom. The van der Waals surface area contributed by atoms with Crippen LogP contribution < -0.4 is 5.43 Å². The summed E-state index contributed by atoms with van der Waals surface area (Å²) in [6.07, 6.45) is 9.93. The molecule has 1 aliphatic rings. The molecular weight excluding hydrogens is 352 g/mol. The third kappa shape index (κ3) is 3.78. The zero-order valence-corrected chi connectivity index (χ0v) is 15.8. The van der Waals surface area contributed by atoms with Gasteiger partial charge in [-0.05, 0) is 42.5 Å². The first-order chi connectivity index (χ1) is 13.5. The van der Waals surface area contributed by atoms with Crippen molar-refractivity contribution in [3.05, 3.63) is 72.1 Å². The lowest BCUT2D eigenvalue weighted by Crippen LogP contribution is -2.31. The van der Waals surface area contributed by atoms with E-state index in [0.717, 1.165) is 35.4 Å². The number of nitrogens with zero attached hydrogens (tertiary/aromatic N) is 5. The van der Waals surface area contributed by atoms with E-state index in [0.29, 0.717) is 11.4 Å². The van der Waals surface area contributed by atoms with Crippen molar-refractivity contribution in [3.63, 3.8) is 0 Å². The van der Waals surface area contributed by atoms with Gasteiger partial charge in [0.2, 0.25) is 0 Å². The maximum atomic E-state index is 12.3. The molecule has 0 fully saturated rings. The van der Waals surface area contributed by atoms with Gasteiger partial charge in [0.15, 0.2) is 5.82 Å². The Labute approximate surface area is 163 Å². The first kappa shape index (κ1) is 17.9. The summed E-state index contributed by atoms with van der Waals surface area (Å²) in [5.41, 5.74) is 6.60. The number of rotatable bonds is 3. The lowest BCUT2D eigenvalue weighted by molar-refractivity contribution is 0.0954. The van der Waals surface area contributed by atoms with E-state index in [9.17, 15) is 4.79 Å². The molecule has 7 heteroatoms. The van der Waals surface area contributed by atoms with Gasteiger partial charge in [0.25, 0.3) is 5.91 Å². The highest BCUT2D eigenvalue weighted by Crippen LogP contribution is 2.34. The SMILES string of the molecule is CC1(C)C/C(=N\NC(=O)c2cccnc2)c2cnc(-c3ccncc3)nc2C1. The van der Waals surface area contributed by atoms with Crippen LogP contribution in [0.25, 0.3) is 11.4 Å². The second-order valence-corrected chi connectivity index (χ2v) is 7.55. The smallest absolute Gasteiger partial charge is 0.267 e. The summed E-state index contributed by atoms with van der Waals surface area (Å²) in [5, 5.41) is 4.40. The third-order valence-corrected chi connectivity index (χ3v) is 4.63. The molecule has 3 aromatic rings. The Bertz CT molecular complexity index is 1030. The lowest BCUT2D eigenvalue weighted by Gasteiger charge is -2.31. The van der Waals surface area contributed by atoms with Crippen LogP contribution in [-0.4, -0.2) is 31.6 Å². The zero-order valence-electron chi connectivity index (χ0n) is 15.8. The lowest BCUT2D eigenvalue weighted by atomic mass is 9.75. The largest absolute Gasteiger partial charge is 0.272 e. The Kier molecular flexibility index (Phi) is 4.65. The van der Waals surface area contributed by atoms with Gasteiger partial charge in [0.05, 0.1) is 17.0 Å². The molecule has 140 valence electrons. The molecule has 28 heavy (non-hydrogen) atoms. The van der Waals surface area contributed by atoms with Crippen molar-refractivity contribution >= 4 is 11.6 Å². The van der Waals surface area contributed by atoms with Gasteiger partial charge in [-0.2, -0.15) is 5.10 Å². The molecule has 0 aliphatic heterocycles. The highest BCUT2D eigenvalue weighted by Gasteiger charge is 2.31. The summed E-state index contributed by atoms with van der Waals surface area (Å²) >= 11 is 0. The first-order valence-electron chi connectivity index (χ1n) is 9.05. The fourth-order valence-corrected chi connectivity index (χ4v) is 3.28. The number of carbonyl (C=O) groups is 1. The van der Waals surface area contributed by atoms with Gasteiger partial charge in [-0.3, -0.25) is 14.8 Å². The molecule has 0 radical (unpaired) electrons. The maximum Gasteiger partial charge on any atom is 0.272 e. The summed E-state index contributed by atoms with van der Waals surface area (Å²) in [6, 6.07) is 7.19. The Balaban J connectivity index is 1.66. The van der Waals surface area contributed by atoms with Gasteiger partial charge in [0.1, 0.15) is 0 Å². The number of amides is 1. The van der Waals surface area contributed by atoms with Crippen molar-refractivity contribution in [2.75, 3.05) is 0 Å². The van der Waals surface area contributed by atoms with Crippen LogP contribution in [0.3, 0.4) is 0 Å². The van der Waals surface area contributed by atoms with E-state index in [1.807, 2.05) is 12.1 Å². The molecule has 1 aliphatic carbocycles. The summed E-state index contributed by atoms with van der Waals surface area (Å²) in [7, 11) is 0. The van der Waals surface area contributed by atoms with Crippen LogP contribution in [0.5, 0.6) is 0 Å². The monoisotopic (exact) mass is 372 g/mol. The highest BCUT2D eigenvalue weighted by atomic mass is 16.2. The molecule has 1 amide bonds. The van der Waals surface area contributed by atoms with Crippen LogP contribution in [0, 0.1) is 5.41 Å². The van der Waals surface area contributed by atoms with Crippen LogP contribution in [-0.2, 0) is 6.42 Å². The standard InChI is InChI=1S/C21H20N6O/c1-21(2)10-17-16(13-24-19(25-17)14-5-8-22-9-6-14)18(11-21)26-27-20(28)15-4-3-7-23-12-15/h3-9,12-13H,10-11H2,1-2H3,(H,27,28)/b26-18+. The molecule has 0 bridgehead atoms. The minimum atomic E-state index is -0.292. The second-order valence-electron chi connectivity index (χ2n) is 7.55. The average Bonchev–Trinajstić information content (AvgIpc) is 2.72. The van der Waals surface area contributed by atoms with E-state index in [4.69, 9.17) is 4.98 Å². The highest BCUT2D eigenvalue weighted by molar-refractivity contribution is 6.04. The Morgan fingerprint density at radius 3 is 2.64 bits per heavy atom. The van der Waals surface area contributed by atoms with Gasteiger partial charge < -0.3 is 0 Å². The Hall–Kier alpha value is -3.48. The number of aromatic nitrogens is 4. The second kappa shape index (κ2) is 7.26. The summed E-state index contributed by atoms with van der Waals surface area (Å²) < 4.78 is 0. The van der Waals surface area contributed by atoms with E-state index < -0.39 is 0 Å². The number of fused-ring (bicyclic) bond motifs is 1. The summed E-state index contributed by atoms with van der Waals surface area (Å²) in [4.78, 5) is 29.6. The molecule has 0 saturated heterocycles. The van der Waals surface area contributed by atoms with E-state index >= 15 is 0 Å². The van der Waals surface area contributed by atoms with E-state index in [-0.39, 0.29) is 11.3 Å². The van der Waals surface area contributed by atoms with E-state index in [1.54, 1.807) is 36.9 Å². The average molecular weight is 372 g/mol. The molecule has 0 saturated carbocycles. The number of hydrogen-bond donors (Lipinski definition) is 1. The fourth-order valence-electron chi connectivity index (χ4n) is 3.28. The van der Waals surface area contributed by atoms with Gasteiger partial charge in [-0.1, -0.05) is 13.8 Å². The number of hydrazone groups is 1. The van der Waals surface area contributed by atoms with Crippen molar-refractivity contribution in [2.45, 2.75) is 26.7 Å². The molecule has 1 N–H and O–H groups in total. The number of carbonyl (C=O) groups excluding carboxylic acids is 1. The van der Waals surface area contributed by atoms with Crippen LogP contribution in [0.15, 0.2) is 60.4 Å². The third-order valence-electron chi connectivity index (χ3n) is 4.63. The minimum Gasteiger partial charge on any atom is -0.267 e. The molecule has 3 aromatic heterocycles. The van der Waals surface area contributed by atoms with Gasteiger partial charge in [0, 0.05) is 42.1 Å². The topological polar surface area (TPSA) is 93.0 Å². The van der Waals surface area contributed by atoms with Crippen molar-refractivity contribution in [2.24, 2.45) is 10.5 Å². The Morgan fingerprint density at radius 1 is 1.07 bits per heavy atom. The van der Waals surface area contributed by atoms with Crippen LogP contribution in [0.1, 0.15) is 41.9 Å². The van der Waals surface area contributed by atoms with Crippen molar-refractivity contribution in [1.29, 1.82) is 0 Å². The fraction of sp³-hybridized carbons (Fsp3) is 0.238. The molecule has 0 atom stereocenters. The van der Waals surface area contributed by atoms with Crippen LogP contribution in [0.2, 0.25) is 0 Å². The predicted molar refractivity (Wildman–Crippen MR) is 106 cm³/mol. The first-order valence-corrected chi connectivity index (χ1v) is 9.05. The number of hydrogen-bond acceptors (Lipinski definition) is 6. The normalized spacial score (nSPS) is 16.4.